The molecule has 0 aliphatic carbocycles. The van der Waals surface area contributed by atoms with Gasteiger partial charge < -0.3 is 5.32 Å². The molecule has 2 aromatic rings. The molecule has 0 radical (unpaired) electrons. The van der Waals surface area contributed by atoms with Crippen molar-refractivity contribution >= 4 is 50.3 Å². The van der Waals surface area contributed by atoms with E-state index in [1.807, 2.05) is 0 Å². The number of alkyl halides is 3. The Labute approximate surface area is 167 Å². The summed E-state index contributed by atoms with van der Waals surface area (Å²) in [6.07, 6.45) is -4.80. The Hall–Kier alpha value is -1.95. The second-order valence-electron chi connectivity index (χ2n) is 5.54. The topological polar surface area (TPSA) is 92.3 Å². The van der Waals surface area contributed by atoms with Gasteiger partial charge in [0.15, 0.2) is 5.78 Å². The molecule has 0 saturated heterocycles. The van der Waals surface area contributed by atoms with Crippen LogP contribution < -0.4 is 10.0 Å². The zero-order valence-corrected chi connectivity index (χ0v) is 16.4. The van der Waals surface area contributed by atoms with E-state index in [2.05, 4.69) is 5.32 Å². The van der Waals surface area contributed by atoms with Gasteiger partial charge in [0, 0.05) is 18.5 Å². The van der Waals surface area contributed by atoms with Crippen molar-refractivity contribution in [2.75, 3.05) is 11.9 Å². The van der Waals surface area contributed by atoms with E-state index >= 15 is 0 Å². The molecule has 0 fully saturated rings. The van der Waals surface area contributed by atoms with Crippen LogP contribution in [0, 0.1) is 0 Å². The number of nitrogens with one attached hydrogen (secondary N) is 2. The van der Waals surface area contributed by atoms with Crippen LogP contribution in [0.2, 0.25) is 4.34 Å². The maximum Gasteiger partial charge on any atom is 0.402 e. The first kappa shape index (κ1) is 22.3. The average molecular weight is 455 g/mol. The Bertz CT molecular complexity index is 957. The third-order valence-corrected chi connectivity index (χ3v) is 6.03. The number of hydrogen-bond acceptors (Lipinski definition) is 5. The molecule has 6 nitrogen and oxygen atoms in total. The van der Waals surface area contributed by atoms with Gasteiger partial charge >= 0.3 is 6.18 Å². The van der Waals surface area contributed by atoms with Crippen molar-refractivity contribution in [1.29, 1.82) is 0 Å². The molecule has 2 N–H and O–H groups in total. The molecule has 2 rings (SSSR count). The van der Waals surface area contributed by atoms with Gasteiger partial charge in [-0.05, 0) is 36.4 Å². The molecule has 12 heteroatoms. The van der Waals surface area contributed by atoms with Crippen molar-refractivity contribution < 1.29 is 31.2 Å². The summed E-state index contributed by atoms with van der Waals surface area (Å²) in [5.41, 5.74) is 0.242. The first-order chi connectivity index (χ1) is 13.0. The number of thiophene rings is 1. The lowest BCUT2D eigenvalue weighted by atomic mass is 10.2. The summed E-state index contributed by atoms with van der Waals surface area (Å²) < 4.78 is 61.9. The lowest BCUT2D eigenvalue weighted by Crippen LogP contribution is -2.33. The summed E-state index contributed by atoms with van der Waals surface area (Å²) in [4.78, 5) is 23.9. The van der Waals surface area contributed by atoms with Crippen LogP contribution in [-0.2, 0) is 14.8 Å². The van der Waals surface area contributed by atoms with E-state index in [0.29, 0.717) is 9.21 Å². The number of ketones is 1. The lowest BCUT2D eigenvalue weighted by Gasteiger charge is -2.10. The smallest absolute Gasteiger partial charge is 0.326 e. The minimum atomic E-state index is -4.67. The second kappa shape index (κ2) is 9.03. The number of anilines is 1. The largest absolute Gasteiger partial charge is 0.402 e. The van der Waals surface area contributed by atoms with Crippen LogP contribution in [-0.4, -0.2) is 32.8 Å². The third-order valence-electron chi connectivity index (χ3n) is 3.34. The average Bonchev–Trinajstić information content (AvgIpc) is 3.04. The minimum absolute atomic E-state index is 0.0312. The highest BCUT2D eigenvalue weighted by Gasteiger charge is 2.30. The summed E-state index contributed by atoms with van der Waals surface area (Å²) in [6.45, 7) is -1.68. The van der Waals surface area contributed by atoms with E-state index in [1.54, 1.807) is 12.1 Å². The van der Waals surface area contributed by atoms with Crippen molar-refractivity contribution in [3.8, 4) is 0 Å². The van der Waals surface area contributed by atoms with Crippen molar-refractivity contribution in [1.82, 2.24) is 4.72 Å². The van der Waals surface area contributed by atoms with Gasteiger partial charge in [-0.1, -0.05) is 11.6 Å². The SMILES string of the molecule is O=C(CCC(=O)c1ccc(Cl)s1)Nc1ccc(S(=O)(=O)NCC(F)(F)F)cc1. The first-order valence-electron chi connectivity index (χ1n) is 7.71. The predicted octanol–water partition coefficient (Wildman–Crippen LogP) is 3.84. The fourth-order valence-corrected chi connectivity index (χ4v) is 4.04. The number of benzene rings is 1. The van der Waals surface area contributed by atoms with Gasteiger partial charge in [0.2, 0.25) is 15.9 Å². The maximum atomic E-state index is 12.1. The van der Waals surface area contributed by atoms with Crippen LogP contribution >= 0.6 is 22.9 Å². The number of hydrogen-bond donors (Lipinski definition) is 2. The molecule has 152 valence electrons. The van der Waals surface area contributed by atoms with E-state index in [1.165, 1.54) is 16.9 Å². The molecule has 0 spiro atoms. The highest BCUT2D eigenvalue weighted by molar-refractivity contribution is 7.89. The fourth-order valence-electron chi connectivity index (χ4n) is 2.02. The van der Waals surface area contributed by atoms with Gasteiger partial charge in [-0.2, -0.15) is 13.2 Å². The van der Waals surface area contributed by atoms with Crippen LogP contribution in [0.1, 0.15) is 22.5 Å². The molecule has 0 unspecified atom stereocenters. The van der Waals surface area contributed by atoms with Crippen molar-refractivity contribution in [3.63, 3.8) is 0 Å². The van der Waals surface area contributed by atoms with E-state index < -0.39 is 28.7 Å². The summed E-state index contributed by atoms with van der Waals surface area (Å²) in [5, 5.41) is 2.48. The number of carbonyl (C=O) groups is 2. The Balaban J connectivity index is 1.89. The summed E-state index contributed by atoms with van der Waals surface area (Å²) in [6, 6.07) is 7.75. The molecule has 1 aromatic carbocycles. The molecule has 0 atom stereocenters. The zero-order chi connectivity index (χ0) is 20.9. The molecule has 1 aromatic heterocycles. The molecule has 0 aliphatic heterocycles. The molecule has 1 amide bonds. The van der Waals surface area contributed by atoms with Crippen LogP contribution in [0.15, 0.2) is 41.3 Å². The molecule has 1 heterocycles. The first-order valence-corrected chi connectivity index (χ1v) is 10.4. The van der Waals surface area contributed by atoms with Gasteiger partial charge in [0.25, 0.3) is 0 Å². The Morgan fingerprint density at radius 2 is 1.68 bits per heavy atom. The molecule has 0 aliphatic rings. The quantitative estimate of drug-likeness (QED) is 0.593. The highest BCUT2D eigenvalue weighted by Crippen LogP contribution is 2.23. The van der Waals surface area contributed by atoms with Crippen LogP contribution in [0.4, 0.5) is 18.9 Å². The standard InChI is InChI=1S/C16H14ClF3N2O4S2/c17-14-7-6-13(27-14)12(23)5-8-15(24)22-10-1-3-11(4-2-10)28(25,26)21-9-16(18,19)20/h1-4,6-7,21H,5,8-9H2,(H,22,24). The Morgan fingerprint density at radius 3 is 2.21 bits per heavy atom. The number of rotatable bonds is 8. The Morgan fingerprint density at radius 1 is 1.04 bits per heavy atom. The van der Waals surface area contributed by atoms with Crippen molar-refractivity contribution in [3.05, 3.63) is 45.6 Å². The van der Waals surface area contributed by atoms with E-state index in [4.69, 9.17) is 11.6 Å². The molecule has 0 saturated carbocycles. The summed E-state index contributed by atoms with van der Waals surface area (Å²) >= 11 is 6.86. The van der Waals surface area contributed by atoms with Crippen LogP contribution in [0.25, 0.3) is 0 Å². The zero-order valence-electron chi connectivity index (χ0n) is 14.0. The number of Topliss-reactive ketones (excluding diaryl/α,β-unsaturated/α-hetero) is 1. The minimum Gasteiger partial charge on any atom is -0.326 e. The van der Waals surface area contributed by atoms with Gasteiger partial charge in [-0.15, -0.1) is 11.3 Å². The maximum absolute atomic E-state index is 12.1. The highest BCUT2D eigenvalue weighted by atomic mass is 35.5. The number of amides is 1. The predicted molar refractivity (Wildman–Crippen MR) is 99.2 cm³/mol. The fraction of sp³-hybridized carbons (Fsp3) is 0.250. The molecular weight excluding hydrogens is 441 g/mol. The monoisotopic (exact) mass is 454 g/mol. The van der Waals surface area contributed by atoms with Crippen LogP contribution in [0.5, 0.6) is 0 Å². The van der Waals surface area contributed by atoms with Crippen molar-refractivity contribution in [2.24, 2.45) is 0 Å². The van der Waals surface area contributed by atoms with Crippen LogP contribution in [0.3, 0.4) is 0 Å². The summed E-state index contributed by atoms with van der Waals surface area (Å²) in [5.74, 6) is -0.703. The van der Waals surface area contributed by atoms with E-state index in [0.717, 1.165) is 23.5 Å². The summed E-state index contributed by atoms with van der Waals surface area (Å²) in [7, 11) is -4.33. The van der Waals surface area contributed by atoms with Gasteiger partial charge in [-0.3, -0.25) is 9.59 Å². The molecule has 28 heavy (non-hydrogen) atoms. The second-order valence-corrected chi connectivity index (χ2v) is 9.02. The normalized spacial score (nSPS) is 12.0. The lowest BCUT2D eigenvalue weighted by molar-refractivity contribution is -0.121. The van der Waals surface area contributed by atoms with Gasteiger partial charge in [0.1, 0.15) is 6.54 Å². The van der Waals surface area contributed by atoms with Crippen molar-refractivity contribution in [2.45, 2.75) is 23.9 Å². The van der Waals surface area contributed by atoms with E-state index in [-0.39, 0.29) is 29.2 Å². The third kappa shape index (κ3) is 6.89. The molecule has 0 bridgehead atoms. The number of halogens is 4. The van der Waals surface area contributed by atoms with Gasteiger partial charge in [0.05, 0.1) is 14.1 Å². The number of sulfonamides is 1. The Kier molecular flexibility index (Phi) is 7.21. The molecular formula is C16H14ClF3N2O4S2. The van der Waals surface area contributed by atoms with Gasteiger partial charge in [-0.25, -0.2) is 13.1 Å². The number of carbonyl (C=O) groups excluding carboxylic acids is 2. The van der Waals surface area contributed by atoms with E-state index in [9.17, 15) is 31.2 Å².